The quantitative estimate of drug-likeness (QED) is 0.610. The van der Waals surface area contributed by atoms with Gasteiger partial charge in [-0.3, -0.25) is 0 Å². The average molecular weight is 258 g/mol. The third kappa shape index (κ3) is 4.62. The van der Waals surface area contributed by atoms with Gasteiger partial charge in [-0.05, 0) is 61.2 Å². The number of hydrogen-bond acceptors (Lipinski definition) is 2. The molecule has 2 aromatic carbocycles. The van der Waals surface area contributed by atoms with Gasteiger partial charge >= 0.3 is 0 Å². The first-order valence-corrected chi connectivity index (χ1v) is 6.58. The van der Waals surface area contributed by atoms with Crippen LogP contribution >= 0.6 is 0 Å². The van der Waals surface area contributed by atoms with Crippen LogP contribution in [0.15, 0.2) is 48.5 Å². The van der Waals surface area contributed by atoms with Crippen LogP contribution in [0.5, 0.6) is 0 Å². The summed E-state index contributed by atoms with van der Waals surface area (Å²) in [6.07, 6.45) is 3.22. The second kappa shape index (κ2) is 6.78. The van der Waals surface area contributed by atoms with E-state index >= 15 is 0 Å². The molecule has 0 aromatic heterocycles. The van der Waals surface area contributed by atoms with E-state index in [1.54, 1.807) is 12.1 Å². The standard InChI is InChI=1S/C16H19FN2/c17-14-7-9-16(10-8-14)19-11-2-1-4-13-5-3-6-15(18)12-13/h3,5-10,12,19H,1-2,4,11,18H2. The molecule has 0 heterocycles. The van der Waals surface area contributed by atoms with Gasteiger partial charge in [0.15, 0.2) is 0 Å². The lowest BCUT2D eigenvalue weighted by Gasteiger charge is -2.06. The summed E-state index contributed by atoms with van der Waals surface area (Å²) in [6.45, 7) is 0.897. The summed E-state index contributed by atoms with van der Waals surface area (Å²) in [5.74, 6) is -0.202. The molecule has 0 saturated heterocycles. The predicted octanol–water partition coefficient (Wildman–Crippen LogP) is 3.84. The van der Waals surface area contributed by atoms with Crippen LogP contribution in [0.4, 0.5) is 15.8 Å². The first-order valence-electron chi connectivity index (χ1n) is 6.58. The predicted molar refractivity (Wildman–Crippen MR) is 78.7 cm³/mol. The summed E-state index contributed by atoms with van der Waals surface area (Å²) in [5, 5.41) is 3.28. The molecule has 0 aliphatic heterocycles. The number of rotatable bonds is 6. The van der Waals surface area contributed by atoms with Gasteiger partial charge in [-0.2, -0.15) is 0 Å². The molecule has 3 heteroatoms. The third-order valence-electron chi connectivity index (χ3n) is 3.02. The topological polar surface area (TPSA) is 38.0 Å². The van der Waals surface area contributed by atoms with E-state index in [1.807, 2.05) is 18.2 Å². The van der Waals surface area contributed by atoms with Gasteiger partial charge in [0, 0.05) is 17.9 Å². The van der Waals surface area contributed by atoms with Gasteiger partial charge in [-0.25, -0.2) is 4.39 Å². The van der Waals surface area contributed by atoms with Crippen LogP contribution in [0.1, 0.15) is 18.4 Å². The molecule has 0 spiro atoms. The van der Waals surface area contributed by atoms with Crippen molar-refractivity contribution in [2.75, 3.05) is 17.6 Å². The number of benzene rings is 2. The highest BCUT2D eigenvalue weighted by molar-refractivity contribution is 5.42. The molecule has 0 amide bonds. The maximum atomic E-state index is 12.7. The first-order chi connectivity index (χ1) is 9.24. The molecule has 2 nitrogen and oxygen atoms in total. The van der Waals surface area contributed by atoms with Gasteiger partial charge in [0.2, 0.25) is 0 Å². The molecule has 3 N–H and O–H groups in total. The van der Waals surface area contributed by atoms with E-state index in [0.717, 1.165) is 37.2 Å². The minimum absolute atomic E-state index is 0.202. The van der Waals surface area contributed by atoms with Crippen molar-refractivity contribution >= 4 is 11.4 Å². The Hall–Kier alpha value is -2.03. The van der Waals surface area contributed by atoms with Crippen molar-refractivity contribution in [3.8, 4) is 0 Å². The zero-order valence-corrected chi connectivity index (χ0v) is 10.9. The molecule has 0 aliphatic rings. The number of unbranched alkanes of at least 4 members (excludes halogenated alkanes) is 1. The fourth-order valence-corrected chi connectivity index (χ4v) is 2.00. The molecule has 0 saturated carbocycles. The zero-order chi connectivity index (χ0) is 13.5. The molecule has 100 valence electrons. The summed E-state index contributed by atoms with van der Waals surface area (Å²) in [6, 6.07) is 14.5. The van der Waals surface area contributed by atoms with Crippen LogP contribution in [-0.4, -0.2) is 6.54 Å². The molecule has 2 aromatic rings. The maximum Gasteiger partial charge on any atom is 0.123 e. The van der Waals surface area contributed by atoms with Crippen molar-refractivity contribution in [3.05, 3.63) is 59.9 Å². The lowest BCUT2D eigenvalue weighted by atomic mass is 10.1. The fourth-order valence-electron chi connectivity index (χ4n) is 2.00. The molecule has 0 unspecified atom stereocenters. The third-order valence-corrected chi connectivity index (χ3v) is 3.02. The Kier molecular flexibility index (Phi) is 4.78. The molecule has 0 fully saturated rings. The highest BCUT2D eigenvalue weighted by Gasteiger charge is 1.96. The van der Waals surface area contributed by atoms with Crippen molar-refractivity contribution in [2.45, 2.75) is 19.3 Å². The Morgan fingerprint density at radius 3 is 2.53 bits per heavy atom. The summed E-state index contributed by atoms with van der Waals surface area (Å²) >= 11 is 0. The Labute approximate surface area is 113 Å². The summed E-state index contributed by atoms with van der Waals surface area (Å²) in [4.78, 5) is 0. The Balaban J connectivity index is 1.66. The smallest absolute Gasteiger partial charge is 0.123 e. The van der Waals surface area contributed by atoms with Crippen molar-refractivity contribution in [3.63, 3.8) is 0 Å². The second-order valence-corrected chi connectivity index (χ2v) is 4.64. The van der Waals surface area contributed by atoms with E-state index in [4.69, 9.17) is 5.73 Å². The normalized spacial score (nSPS) is 10.4. The van der Waals surface area contributed by atoms with Crippen LogP contribution in [-0.2, 0) is 6.42 Å². The highest BCUT2D eigenvalue weighted by Crippen LogP contribution is 2.11. The largest absolute Gasteiger partial charge is 0.399 e. The van der Waals surface area contributed by atoms with Crippen molar-refractivity contribution in [1.82, 2.24) is 0 Å². The van der Waals surface area contributed by atoms with Gasteiger partial charge in [0.05, 0.1) is 0 Å². The van der Waals surface area contributed by atoms with E-state index < -0.39 is 0 Å². The zero-order valence-electron chi connectivity index (χ0n) is 10.9. The monoisotopic (exact) mass is 258 g/mol. The van der Waals surface area contributed by atoms with E-state index in [9.17, 15) is 4.39 Å². The lowest BCUT2D eigenvalue weighted by Crippen LogP contribution is -2.02. The molecule has 0 aliphatic carbocycles. The molecular weight excluding hydrogens is 239 g/mol. The van der Waals surface area contributed by atoms with Crippen LogP contribution in [0.2, 0.25) is 0 Å². The molecular formula is C16H19FN2. The van der Waals surface area contributed by atoms with Crippen LogP contribution in [0, 0.1) is 5.82 Å². The van der Waals surface area contributed by atoms with Crippen molar-refractivity contribution < 1.29 is 4.39 Å². The van der Waals surface area contributed by atoms with E-state index in [1.165, 1.54) is 17.7 Å². The number of aryl methyl sites for hydroxylation is 1. The SMILES string of the molecule is Nc1cccc(CCCCNc2ccc(F)cc2)c1. The number of halogens is 1. The average Bonchev–Trinajstić information content (AvgIpc) is 2.41. The van der Waals surface area contributed by atoms with E-state index in [-0.39, 0.29) is 5.82 Å². The lowest BCUT2D eigenvalue weighted by molar-refractivity contribution is 0.628. The molecule has 0 radical (unpaired) electrons. The van der Waals surface area contributed by atoms with E-state index in [2.05, 4.69) is 11.4 Å². The number of nitrogen functional groups attached to an aromatic ring is 1. The summed E-state index contributed by atoms with van der Waals surface area (Å²) in [5.41, 5.74) is 8.80. The fraction of sp³-hybridized carbons (Fsp3) is 0.250. The van der Waals surface area contributed by atoms with Crippen LogP contribution < -0.4 is 11.1 Å². The molecule has 0 bridgehead atoms. The van der Waals surface area contributed by atoms with Gasteiger partial charge < -0.3 is 11.1 Å². The highest BCUT2D eigenvalue weighted by atomic mass is 19.1. The Morgan fingerprint density at radius 1 is 1.00 bits per heavy atom. The van der Waals surface area contributed by atoms with Crippen molar-refractivity contribution in [2.24, 2.45) is 0 Å². The maximum absolute atomic E-state index is 12.7. The first kappa shape index (κ1) is 13.4. The second-order valence-electron chi connectivity index (χ2n) is 4.64. The molecule has 0 atom stereocenters. The van der Waals surface area contributed by atoms with Crippen molar-refractivity contribution in [1.29, 1.82) is 0 Å². The summed E-state index contributed by atoms with van der Waals surface area (Å²) < 4.78 is 12.7. The minimum atomic E-state index is -0.202. The van der Waals surface area contributed by atoms with Crippen LogP contribution in [0.25, 0.3) is 0 Å². The minimum Gasteiger partial charge on any atom is -0.399 e. The number of nitrogens with two attached hydrogens (primary N) is 1. The Bertz CT molecular complexity index is 508. The summed E-state index contributed by atoms with van der Waals surface area (Å²) in [7, 11) is 0. The molecule has 2 rings (SSSR count). The van der Waals surface area contributed by atoms with Gasteiger partial charge in [-0.15, -0.1) is 0 Å². The van der Waals surface area contributed by atoms with Gasteiger partial charge in [0.1, 0.15) is 5.82 Å². The van der Waals surface area contributed by atoms with Crippen LogP contribution in [0.3, 0.4) is 0 Å². The van der Waals surface area contributed by atoms with E-state index in [0.29, 0.717) is 0 Å². The molecule has 19 heavy (non-hydrogen) atoms. The Morgan fingerprint density at radius 2 is 1.79 bits per heavy atom. The number of nitrogens with one attached hydrogen (secondary N) is 1. The number of hydrogen-bond donors (Lipinski definition) is 2. The van der Waals surface area contributed by atoms with Gasteiger partial charge in [0.25, 0.3) is 0 Å². The van der Waals surface area contributed by atoms with Gasteiger partial charge in [-0.1, -0.05) is 12.1 Å². The number of anilines is 2.